The molecule has 0 aromatic heterocycles. The number of aliphatic imine (C=N–C) groups is 1. The second-order valence-corrected chi connectivity index (χ2v) is 6.72. The molecule has 26 heavy (non-hydrogen) atoms. The number of rotatable bonds is 8. The lowest BCUT2D eigenvalue weighted by Crippen LogP contribution is -1.98. The molecule has 0 atom stereocenters. The van der Waals surface area contributed by atoms with Crippen molar-refractivity contribution in [3.63, 3.8) is 0 Å². The standard InChI is InChI=1S/C24H30FN/c1-8-20(18(6)15-17(4)5)16-21(9-2)19(7)26-24(10-3)22-11-13-23(25)14-12-22/h8-14,16-17H,1-2,15H2,3-7H3/b20-18+,21-16+,24-10-,26-19+. The van der Waals surface area contributed by atoms with Crippen LogP contribution in [0.1, 0.15) is 46.6 Å². The monoisotopic (exact) mass is 351 g/mol. The highest BCUT2D eigenvalue weighted by atomic mass is 19.1. The Balaban J connectivity index is 3.25. The van der Waals surface area contributed by atoms with Crippen molar-refractivity contribution in [1.82, 2.24) is 0 Å². The molecule has 0 heterocycles. The second-order valence-electron chi connectivity index (χ2n) is 6.72. The van der Waals surface area contributed by atoms with Crippen LogP contribution in [0.2, 0.25) is 0 Å². The molecule has 0 spiro atoms. The third-order valence-electron chi connectivity index (χ3n) is 4.08. The topological polar surface area (TPSA) is 12.4 Å². The Kier molecular flexibility index (Phi) is 8.71. The largest absolute Gasteiger partial charge is 0.253 e. The minimum absolute atomic E-state index is 0.252. The third-order valence-corrected chi connectivity index (χ3v) is 4.08. The van der Waals surface area contributed by atoms with E-state index in [0.717, 1.165) is 34.5 Å². The molecule has 1 aromatic carbocycles. The van der Waals surface area contributed by atoms with Crippen LogP contribution in [0.15, 0.2) is 83.4 Å². The lowest BCUT2D eigenvalue weighted by Gasteiger charge is -2.10. The highest BCUT2D eigenvalue weighted by molar-refractivity contribution is 6.03. The van der Waals surface area contributed by atoms with Crippen LogP contribution in [0.3, 0.4) is 0 Å². The second kappa shape index (κ2) is 10.5. The average Bonchev–Trinajstić information content (AvgIpc) is 2.60. The number of nitrogens with zero attached hydrogens (tertiary/aromatic N) is 1. The fraction of sp³-hybridized carbons (Fsp3) is 0.292. The smallest absolute Gasteiger partial charge is 0.123 e. The lowest BCUT2D eigenvalue weighted by molar-refractivity contribution is 0.627. The summed E-state index contributed by atoms with van der Waals surface area (Å²) in [6.07, 6.45) is 8.71. The first-order valence-corrected chi connectivity index (χ1v) is 8.96. The van der Waals surface area contributed by atoms with Gasteiger partial charge in [-0.1, -0.05) is 50.8 Å². The molecule has 1 nitrogen and oxygen atoms in total. The molecule has 0 saturated carbocycles. The van der Waals surface area contributed by atoms with E-state index in [0.29, 0.717) is 5.92 Å². The van der Waals surface area contributed by atoms with Gasteiger partial charge in [0.05, 0.1) is 5.70 Å². The van der Waals surface area contributed by atoms with Crippen LogP contribution < -0.4 is 0 Å². The first-order valence-electron chi connectivity index (χ1n) is 8.96. The lowest BCUT2D eigenvalue weighted by atomic mass is 9.97. The molecule has 1 rings (SSSR count). The van der Waals surface area contributed by atoms with Gasteiger partial charge in [-0.2, -0.15) is 0 Å². The van der Waals surface area contributed by atoms with Crippen LogP contribution in [0, 0.1) is 11.7 Å². The van der Waals surface area contributed by atoms with Gasteiger partial charge in [0.25, 0.3) is 0 Å². The number of hydrogen-bond acceptors (Lipinski definition) is 1. The van der Waals surface area contributed by atoms with Gasteiger partial charge >= 0.3 is 0 Å². The van der Waals surface area contributed by atoms with Gasteiger partial charge in [-0.25, -0.2) is 4.39 Å². The van der Waals surface area contributed by atoms with Crippen molar-refractivity contribution >= 4 is 11.4 Å². The fourth-order valence-electron chi connectivity index (χ4n) is 2.73. The quantitative estimate of drug-likeness (QED) is 0.344. The zero-order valence-corrected chi connectivity index (χ0v) is 16.6. The van der Waals surface area contributed by atoms with E-state index in [9.17, 15) is 4.39 Å². The van der Waals surface area contributed by atoms with Gasteiger partial charge in [-0.15, -0.1) is 0 Å². The third kappa shape index (κ3) is 6.44. The minimum atomic E-state index is -0.252. The van der Waals surface area contributed by atoms with E-state index in [1.807, 2.05) is 32.1 Å². The van der Waals surface area contributed by atoms with Gasteiger partial charge in [-0.05, 0) is 80.2 Å². The predicted octanol–water partition coefficient (Wildman–Crippen LogP) is 7.31. The van der Waals surface area contributed by atoms with Gasteiger partial charge in [0.2, 0.25) is 0 Å². The van der Waals surface area contributed by atoms with Gasteiger partial charge in [-0.3, -0.25) is 4.99 Å². The van der Waals surface area contributed by atoms with E-state index in [2.05, 4.69) is 40.0 Å². The first-order chi connectivity index (χ1) is 12.3. The zero-order valence-electron chi connectivity index (χ0n) is 16.6. The summed E-state index contributed by atoms with van der Waals surface area (Å²) < 4.78 is 13.2. The average molecular weight is 352 g/mol. The van der Waals surface area contributed by atoms with E-state index in [1.165, 1.54) is 17.7 Å². The van der Waals surface area contributed by atoms with Crippen LogP contribution in [0.4, 0.5) is 4.39 Å². The molecule has 0 N–H and O–H groups in total. The predicted molar refractivity (Wildman–Crippen MR) is 114 cm³/mol. The molecule has 0 amide bonds. The first kappa shape index (κ1) is 21.6. The molecule has 0 saturated heterocycles. The van der Waals surface area contributed by atoms with Crippen molar-refractivity contribution in [1.29, 1.82) is 0 Å². The molecule has 0 bridgehead atoms. The SMILES string of the molecule is C=CC(=C\C(C=C)=C(/C)CC(C)C)/C(C)=N/C(=C\C)c1ccc(F)cc1. The summed E-state index contributed by atoms with van der Waals surface area (Å²) in [4.78, 5) is 4.73. The molecule has 2 heteroatoms. The molecule has 0 aliphatic carbocycles. The molecule has 0 aliphatic heterocycles. The summed E-state index contributed by atoms with van der Waals surface area (Å²) in [5.41, 5.74) is 5.89. The van der Waals surface area contributed by atoms with Crippen molar-refractivity contribution in [2.24, 2.45) is 10.9 Å². The van der Waals surface area contributed by atoms with Crippen LogP contribution in [0.25, 0.3) is 5.70 Å². The van der Waals surface area contributed by atoms with Gasteiger partial charge in [0, 0.05) is 5.71 Å². The normalized spacial score (nSPS) is 14.3. The van der Waals surface area contributed by atoms with Crippen molar-refractivity contribution in [3.05, 3.63) is 89.8 Å². The summed E-state index contributed by atoms with van der Waals surface area (Å²) in [6.45, 7) is 18.3. The zero-order chi connectivity index (χ0) is 19.7. The Labute approximate surface area is 158 Å². The maximum atomic E-state index is 13.2. The van der Waals surface area contributed by atoms with Gasteiger partial charge in [0.1, 0.15) is 5.82 Å². The van der Waals surface area contributed by atoms with Crippen LogP contribution in [-0.4, -0.2) is 5.71 Å². The Morgan fingerprint density at radius 1 is 1.12 bits per heavy atom. The number of allylic oxidation sites excluding steroid dienone is 7. The molecular weight excluding hydrogens is 321 g/mol. The van der Waals surface area contributed by atoms with Crippen LogP contribution >= 0.6 is 0 Å². The molecule has 1 aromatic rings. The van der Waals surface area contributed by atoms with Crippen molar-refractivity contribution in [2.75, 3.05) is 0 Å². The molecule has 0 fully saturated rings. The highest BCUT2D eigenvalue weighted by Gasteiger charge is 2.05. The maximum absolute atomic E-state index is 13.2. The Hall–Kier alpha value is -2.48. The van der Waals surface area contributed by atoms with E-state index < -0.39 is 0 Å². The summed E-state index contributed by atoms with van der Waals surface area (Å²) in [5.74, 6) is 0.339. The summed E-state index contributed by atoms with van der Waals surface area (Å²) in [6, 6.07) is 6.37. The van der Waals surface area contributed by atoms with E-state index in [4.69, 9.17) is 4.99 Å². The molecule has 0 radical (unpaired) electrons. The summed E-state index contributed by atoms with van der Waals surface area (Å²) >= 11 is 0. The minimum Gasteiger partial charge on any atom is -0.253 e. The molecule has 0 aliphatic rings. The summed E-state index contributed by atoms with van der Waals surface area (Å²) in [5, 5.41) is 0. The van der Waals surface area contributed by atoms with Crippen LogP contribution in [0.5, 0.6) is 0 Å². The van der Waals surface area contributed by atoms with Gasteiger partial charge < -0.3 is 0 Å². The van der Waals surface area contributed by atoms with Crippen molar-refractivity contribution in [3.8, 4) is 0 Å². The summed E-state index contributed by atoms with van der Waals surface area (Å²) in [7, 11) is 0. The molecule has 138 valence electrons. The van der Waals surface area contributed by atoms with Crippen molar-refractivity contribution < 1.29 is 4.39 Å². The number of halogens is 1. The van der Waals surface area contributed by atoms with Gasteiger partial charge in [0.15, 0.2) is 0 Å². The van der Waals surface area contributed by atoms with E-state index in [1.54, 1.807) is 12.1 Å². The maximum Gasteiger partial charge on any atom is 0.123 e. The number of benzene rings is 1. The molecular formula is C24H30FN. The number of hydrogen-bond donors (Lipinski definition) is 0. The Morgan fingerprint density at radius 3 is 2.19 bits per heavy atom. The van der Waals surface area contributed by atoms with Crippen LogP contribution in [-0.2, 0) is 0 Å². The highest BCUT2D eigenvalue weighted by Crippen LogP contribution is 2.21. The van der Waals surface area contributed by atoms with E-state index in [-0.39, 0.29) is 5.82 Å². The Bertz CT molecular complexity index is 756. The Morgan fingerprint density at radius 2 is 1.73 bits per heavy atom. The fourth-order valence-corrected chi connectivity index (χ4v) is 2.73. The van der Waals surface area contributed by atoms with E-state index >= 15 is 0 Å². The molecule has 0 unspecified atom stereocenters. The van der Waals surface area contributed by atoms with Crippen molar-refractivity contribution in [2.45, 2.75) is 41.0 Å².